The lowest BCUT2D eigenvalue weighted by atomic mass is 9.69. The number of rotatable bonds is 6. The standard InChI is InChI=1S/C22H26FNO3/c1-3-4-5-12-27-22(26)19-14(2)24-17-10-7-11-18(25)21(17)20(19)15-8-6-9-16(23)13-15/h6,8-9,13,20-21H,3-5,7,10-12H2,1-2H3/t20-,21+/m0/s1. The van der Waals surface area contributed by atoms with E-state index in [-0.39, 0.29) is 11.6 Å². The summed E-state index contributed by atoms with van der Waals surface area (Å²) in [5.41, 5.74) is 2.40. The minimum atomic E-state index is -0.528. The van der Waals surface area contributed by atoms with E-state index in [1.165, 1.54) is 12.1 Å². The van der Waals surface area contributed by atoms with Crippen LogP contribution in [-0.2, 0) is 14.3 Å². The first kappa shape index (κ1) is 19.5. The number of benzene rings is 1. The number of nitrogens with zero attached hydrogens (tertiary/aromatic N) is 1. The Morgan fingerprint density at radius 1 is 1.26 bits per heavy atom. The monoisotopic (exact) mass is 371 g/mol. The molecular weight excluding hydrogens is 345 g/mol. The van der Waals surface area contributed by atoms with Crippen molar-refractivity contribution in [3.63, 3.8) is 0 Å². The predicted molar refractivity (Wildman–Crippen MR) is 102 cm³/mol. The minimum Gasteiger partial charge on any atom is -0.462 e. The van der Waals surface area contributed by atoms with Crippen LogP contribution in [0.15, 0.2) is 40.5 Å². The maximum absolute atomic E-state index is 13.9. The molecule has 0 aromatic heterocycles. The number of hydrogen-bond acceptors (Lipinski definition) is 4. The number of carbonyl (C=O) groups excluding carboxylic acids is 2. The van der Waals surface area contributed by atoms with Crippen LogP contribution >= 0.6 is 0 Å². The highest BCUT2D eigenvalue weighted by atomic mass is 19.1. The summed E-state index contributed by atoms with van der Waals surface area (Å²) >= 11 is 0. The smallest absolute Gasteiger partial charge is 0.336 e. The number of ether oxygens (including phenoxy) is 1. The predicted octanol–water partition coefficient (Wildman–Crippen LogP) is 4.74. The molecular formula is C22H26FNO3. The number of halogens is 1. The summed E-state index contributed by atoms with van der Waals surface area (Å²) in [4.78, 5) is 30.2. The Balaban J connectivity index is 1.99. The molecule has 5 heteroatoms. The molecule has 1 heterocycles. The van der Waals surface area contributed by atoms with E-state index in [0.29, 0.717) is 29.9 Å². The summed E-state index contributed by atoms with van der Waals surface area (Å²) in [5, 5.41) is 0. The molecule has 27 heavy (non-hydrogen) atoms. The van der Waals surface area contributed by atoms with Gasteiger partial charge >= 0.3 is 5.97 Å². The van der Waals surface area contributed by atoms with Gasteiger partial charge in [0.25, 0.3) is 0 Å². The van der Waals surface area contributed by atoms with Crippen LogP contribution in [0.4, 0.5) is 4.39 Å². The van der Waals surface area contributed by atoms with Crippen molar-refractivity contribution < 1.29 is 18.7 Å². The summed E-state index contributed by atoms with van der Waals surface area (Å²) in [6.07, 6.45) is 4.80. The molecule has 2 atom stereocenters. The van der Waals surface area contributed by atoms with E-state index in [1.54, 1.807) is 19.1 Å². The fourth-order valence-corrected chi connectivity index (χ4v) is 4.04. The van der Waals surface area contributed by atoms with Crippen LogP contribution in [0.5, 0.6) is 0 Å². The molecule has 0 spiro atoms. The van der Waals surface area contributed by atoms with Gasteiger partial charge in [-0.2, -0.15) is 0 Å². The lowest BCUT2D eigenvalue weighted by Crippen LogP contribution is -2.39. The van der Waals surface area contributed by atoms with E-state index in [1.807, 2.05) is 0 Å². The molecule has 0 saturated heterocycles. The second kappa shape index (κ2) is 8.59. The van der Waals surface area contributed by atoms with E-state index in [4.69, 9.17) is 4.74 Å². The highest BCUT2D eigenvalue weighted by Gasteiger charge is 2.43. The van der Waals surface area contributed by atoms with Crippen molar-refractivity contribution in [3.8, 4) is 0 Å². The Bertz CT molecular complexity index is 797. The molecule has 0 bridgehead atoms. The van der Waals surface area contributed by atoms with Gasteiger partial charge in [-0.3, -0.25) is 9.79 Å². The molecule has 2 aliphatic rings. The fraction of sp³-hybridized carbons (Fsp3) is 0.500. The van der Waals surface area contributed by atoms with Gasteiger partial charge in [0.05, 0.1) is 18.1 Å². The highest BCUT2D eigenvalue weighted by Crippen LogP contribution is 2.43. The van der Waals surface area contributed by atoms with Crippen LogP contribution in [0.1, 0.15) is 63.9 Å². The molecule has 1 aliphatic carbocycles. The number of hydrogen-bond donors (Lipinski definition) is 0. The number of allylic oxidation sites excluding steroid dienone is 1. The summed E-state index contributed by atoms with van der Waals surface area (Å²) in [6.45, 7) is 4.20. The Hall–Kier alpha value is -2.30. The Morgan fingerprint density at radius 3 is 2.81 bits per heavy atom. The zero-order chi connectivity index (χ0) is 19.4. The first-order valence-electron chi connectivity index (χ1n) is 9.76. The van der Waals surface area contributed by atoms with Crippen LogP contribution in [0, 0.1) is 11.7 Å². The fourth-order valence-electron chi connectivity index (χ4n) is 4.04. The van der Waals surface area contributed by atoms with Gasteiger partial charge in [-0.25, -0.2) is 9.18 Å². The molecule has 3 rings (SSSR count). The van der Waals surface area contributed by atoms with Crippen molar-refractivity contribution >= 4 is 17.5 Å². The third kappa shape index (κ3) is 4.18. The van der Waals surface area contributed by atoms with Gasteiger partial charge in [0, 0.05) is 23.7 Å². The Labute approximate surface area is 159 Å². The van der Waals surface area contributed by atoms with Gasteiger partial charge in [0.2, 0.25) is 0 Å². The molecule has 1 aliphatic heterocycles. The summed E-state index contributed by atoms with van der Waals surface area (Å²) in [7, 11) is 0. The Kier molecular flexibility index (Phi) is 6.19. The normalized spacial score (nSPS) is 22.3. The summed E-state index contributed by atoms with van der Waals surface area (Å²) < 4.78 is 19.4. The van der Waals surface area contributed by atoms with Crippen LogP contribution in [0.25, 0.3) is 0 Å². The van der Waals surface area contributed by atoms with Crippen LogP contribution in [0.2, 0.25) is 0 Å². The molecule has 0 radical (unpaired) electrons. The number of Topliss-reactive ketones (excluding diaryl/α,β-unsaturated/α-hetero) is 1. The lowest BCUT2D eigenvalue weighted by Gasteiger charge is -2.35. The summed E-state index contributed by atoms with van der Waals surface area (Å²) in [6, 6.07) is 6.16. The zero-order valence-corrected chi connectivity index (χ0v) is 16.0. The largest absolute Gasteiger partial charge is 0.462 e. The molecule has 0 unspecified atom stereocenters. The van der Waals surface area contributed by atoms with Crippen molar-refractivity contribution in [1.29, 1.82) is 0 Å². The van der Waals surface area contributed by atoms with Gasteiger partial charge in [-0.05, 0) is 43.9 Å². The minimum absolute atomic E-state index is 0.0676. The van der Waals surface area contributed by atoms with E-state index in [2.05, 4.69) is 11.9 Å². The highest BCUT2D eigenvalue weighted by molar-refractivity contribution is 6.11. The third-order valence-electron chi connectivity index (χ3n) is 5.32. The third-order valence-corrected chi connectivity index (χ3v) is 5.32. The van der Waals surface area contributed by atoms with Gasteiger partial charge in [-0.1, -0.05) is 31.9 Å². The SMILES string of the molecule is CCCCCOC(=O)C1=C(C)N=C2CCCC(=O)[C@@H]2[C@H]1c1cccc(F)c1. The van der Waals surface area contributed by atoms with Crippen LogP contribution < -0.4 is 0 Å². The van der Waals surface area contributed by atoms with E-state index in [9.17, 15) is 14.0 Å². The number of carbonyl (C=O) groups is 2. The van der Waals surface area contributed by atoms with Gasteiger partial charge in [0.1, 0.15) is 11.6 Å². The second-order valence-electron chi connectivity index (χ2n) is 7.28. The number of ketones is 1. The average Bonchev–Trinajstić information content (AvgIpc) is 2.64. The number of aliphatic imine (C=N–C) groups is 1. The zero-order valence-electron chi connectivity index (χ0n) is 16.0. The molecule has 1 saturated carbocycles. The number of esters is 1. The molecule has 1 aromatic carbocycles. The Morgan fingerprint density at radius 2 is 2.07 bits per heavy atom. The van der Waals surface area contributed by atoms with E-state index in [0.717, 1.165) is 37.8 Å². The lowest BCUT2D eigenvalue weighted by molar-refractivity contribution is -0.139. The topological polar surface area (TPSA) is 55.7 Å². The van der Waals surface area contributed by atoms with E-state index >= 15 is 0 Å². The van der Waals surface area contributed by atoms with Crippen molar-refractivity contribution in [2.75, 3.05) is 6.61 Å². The molecule has 1 fully saturated rings. The van der Waals surface area contributed by atoms with Crippen LogP contribution in [0.3, 0.4) is 0 Å². The molecule has 1 aromatic rings. The van der Waals surface area contributed by atoms with Gasteiger partial charge < -0.3 is 4.74 Å². The number of fused-ring (bicyclic) bond motifs is 1. The maximum Gasteiger partial charge on any atom is 0.336 e. The van der Waals surface area contributed by atoms with Gasteiger partial charge in [0.15, 0.2) is 0 Å². The van der Waals surface area contributed by atoms with Crippen molar-refractivity contribution in [2.45, 2.75) is 58.3 Å². The first-order chi connectivity index (χ1) is 13.0. The van der Waals surface area contributed by atoms with E-state index < -0.39 is 17.8 Å². The van der Waals surface area contributed by atoms with Crippen molar-refractivity contribution in [3.05, 3.63) is 46.9 Å². The molecule has 0 amide bonds. The quantitative estimate of drug-likeness (QED) is 0.536. The number of unbranched alkanes of at least 4 members (excludes halogenated alkanes) is 2. The molecule has 0 N–H and O–H groups in total. The molecule has 4 nitrogen and oxygen atoms in total. The second-order valence-corrected chi connectivity index (χ2v) is 7.28. The summed E-state index contributed by atoms with van der Waals surface area (Å²) in [5.74, 6) is -1.78. The average molecular weight is 371 g/mol. The van der Waals surface area contributed by atoms with Crippen molar-refractivity contribution in [1.82, 2.24) is 0 Å². The van der Waals surface area contributed by atoms with Crippen molar-refractivity contribution in [2.24, 2.45) is 10.9 Å². The van der Waals surface area contributed by atoms with Gasteiger partial charge in [-0.15, -0.1) is 0 Å². The molecule has 144 valence electrons. The maximum atomic E-state index is 13.9. The van der Waals surface area contributed by atoms with Crippen LogP contribution in [-0.4, -0.2) is 24.1 Å². The first-order valence-corrected chi connectivity index (χ1v) is 9.76.